The number of hydrogen-bond acceptors (Lipinski definition) is 2. The van der Waals surface area contributed by atoms with Crippen molar-refractivity contribution in [3.63, 3.8) is 0 Å². The summed E-state index contributed by atoms with van der Waals surface area (Å²) in [5.74, 6) is 0.808. The molecule has 13 heavy (non-hydrogen) atoms. The number of rotatable bonds is 4. The molecule has 0 fully saturated rings. The minimum atomic E-state index is -0.155. The maximum atomic E-state index is 5.56. The van der Waals surface area contributed by atoms with E-state index in [2.05, 4.69) is 0 Å². The number of benzene rings is 1. The monoisotopic (exact) mass is 195 g/mol. The molecule has 0 aliphatic heterocycles. The van der Waals surface area contributed by atoms with Gasteiger partial charge in [0.1, 0.15) is 16.8 Å². The molecule has 0 bridgehead atoms. The Morgan fingerprint density at radius 1 is 1.46 bits per heavy atom. The van der Waals surface area contributed by atoms with Crippen LogP contribution in [0.1, 0.15) is 13.3 Å². The normalized spacial score (nSPS) is 12.1. The van der Waals surface area contributed by atoms with Crippen LogP contribution >= 0.6 is 12.2 Å². The van der Waals surface area contributed by atoms with Gasteiger partial charge in [-0.15, -0.1) is 0 Å². The van der Waals surface area contributed by atoms with Crippen LogP contribution < -0.4 is 10.5 Å². The molecule has 1 unspecified atom stereocenters. The predicted octanol–water partition coefficient (Wildman–Crippen LogP) is 2.13. The van der Waals surface area contributed by atoms with Crippen LogP contribution in [0.3, 0.4) is 0 Å². The van der Waals surface area contributed by atoms with Crippen LogP contribution in [0.15, 0.2) is 30.3 Å². The molecule has 0 heterocycles. The van der Waals surface area contributed by atoms with Gasteiger partial charge in [-0.3, -0.25) is 0 Å². The zero-order chi connectivity index (χ0) is 9.68. The summed E-state index contributed by atoms with van der Waals surface area (Å²) in [7, 11) is 0. The van der Waals surface area contributed by atoms with E-state index < -0.39 is 0 Å². The summed E-state index contributed by atoms with van der Waals surface area (Å²) in [5.41, 5.74) is 5.50. The summed E-state index contributed by atoms with van der Waals surface area (Å²) in [6.45, 7) is 1.99. The summed E-state index contributed by atoms with van der Waals surface area (Å²) in [4.78, 5) is 0.409. The average Bonchev–Trinajstić information content (AvgIpc) is 2.15. The van der Waals surface area contributed by atoms with Gasteiger partial charge in [-0.1, -0.05) is 37.3 Å². The van der Waals surface area contributed by atoms with E-state index in [1.807, 2.05) is 37.3 Å². The van der Waals surface area contributed by atoms with Crippen LogP contribution in [-0.4, -0.2) is 11.1 Å². The number of hydrogen-bond donors (Lipinski definition) is 1. The quantitative estimate of drug-likeness (QED) is 0.747. The molecule has 1 aromatic rings. The first-order valence-electron chi connectivity index (χ1n) is 4.25. The van der Waals surface area contributed by atoms with Crippen molar-refractivity contribution in [1.29, 1.82) is 0 Å². The van der Waals surface area contributed by atoms with E-state index in [4.69, 9.17) is 22.7 Å². The fourth-order valence-electron chi connectivity index (χ4n) is 1.01. The third kappa shape index (κ3) is 3.03. The van der Waals surface area contributed by atoms with Crippen molar-refractivity contribution in [2.24, 2.45) is 5.73 Å². The Morgan fingerprint density at radius 3 is 2.54 bits per heavy atom. The molecule has 0 aliphatic carbocycles. The van der Waals surface area contributed by atoms with Crippen LogP contribution in [0.5, 0.6) is 5.75 Å². The van der Waals surface area contributed by atoms with Crippen molar-refractivity contribution in [2.75, 3.05) is 0 Å². The second kappa shape index (κ2) is 4.82. The lowest BCUT2D eigenvalue weighted by Gasteiger charge is -2.15. The summed E-state index contributed by atoms with van der Waals surface area (Å²) >= 11 is 4.87. The van der Waals surface area contributed by atoms with Gasteiger partial charge in [-0.25, -0.2) is 0 Å². The predicted molar refractivity (Wildman–Crippen MR) is 57.9 cm³/mol. The zero-order valence-electron chi connectivity index (χ0n) is 7.57. The minimum absolute atomic E-state index is 0.155. The summed E-state index contributed by atoms with van der Waals surface area (Å²) in [6, 6.07) is 9.56. The highest BCUT2D eigenvalue weighted by molar-refractivity contribution is 7.80. The van der Waals surface area contributed by atoms with E-state index in [0.29, 0.717) is 4.99 Å². The molecule has 2 nitrogen and oxygen atoms in total. The Morgan fingerprint density at radius 2 is 2.08 bits per heavy atom. The standard InChI is InChI=1S/C10H13NOS/c1-2-9(10(11)13)12-8-6-4-3-5-7-8/h3-7,9H,2H2,1H3,(H2,11,13). The third-order valence-electron chi connectivity index (χ3n) is 1.71. The molecule has 0 radical (unpaired) electrons. The second-order valence-electron chi connectivity index (χ2n) is 2.73. The number of thiocarbonyl (C=S) groups is 1. The van der Waals surface area contributed by atoms with Gasteiger partial charge in [-0.2, -0.15) is 0 Å². The molecule has 70 valence electrons. The van der Waals surface area contributed by atoms with Crippen LogP contribution in [0.4, 0.5) is 0 Å². The average molecular weight is 195 g/mol. The molecule has 0 aromatic heterocycles. The molecule has 1 rings (SSSR count). The van der Waals surface area contributed by atoms with Crippen molar-refractivity contribution in [2.45, 2.75) is 19.4 Å². The summed E-state index contributed by atoms with van der Waals surface area (Å²) < 4.78 is 5.56. The van der Waals surface area contributed by atoms with Crippen molar-refractivity contribution in [3.05, 3.63) is 30.3 Å². The molecular formula is C10H13NOS. The van der Waals surface area contributed by atoms with E-state index in [1.165, 1.54) is 0 Å². The smallest absolute Gasteiger partial charge is 0.148 e. The SMILES string of the molecule is CCC(Oc1ccccc1)C(N)=S. The molecule has 0 saturated heterocycles. The van der Waals surface area contributed by atoms with E-state index in [9.17, 15) is 0 Å². The first-order chi connectivity index (χ1) is 6.24. The lowest BCUT2D eigenvalue weighted by atomic mass is 10.2. The number of ether oxygens (including phenoxy) is 1. The number of para-hydroxylation sites is 1. The van der Waals surface area contributed by atoms with E-state index in [0.717, 1.165) is 12.2 Å². The highest BCUT2D eigenvalue weighted by Crippen LogP contribution is 2.12. The zero-order valence-corrected chi connectivity index (χ0v) is 8.38. The lowest BCUT2D eigenvalue weighted by molar-refractivity contribution is 0.264. The van der Waals surface area contributed by atoms with Gasteiger partial charge in [0, 0.05) is 0 Å². The first kappa shape index (κ1) is 9.99. The van der Waals surface area contributed by atoms with Crippen LogP contribution in [-0.2, 0) is 0 Å². The molecule has 0 amide bonds. The number of nitrogens with two attached hydrogens (primary N) is 1. The molecule has 3 heteroatoms. The van der Waals surface area contributed by atoms with Gasteiger partial charge in [0.05, 0.1) is 0 Å². The Balaban J connectivity index is 2.62. The highest BCUT2D eigenvalue weighted by atomic mass is 32.1. The highest BCUT2D eigenvalue weighted by Gasteiger charge is 2.09. The summed E-state index contributed by atoms with van der Waals surface area (Å²) in [5, 5.41) is 0. The van der Waals surface area contributed by atoms with Gasteiger partial charge < -0.3 is 10.5 Å². The van der Waals surface area contributed by atoms with Crippen molar-refractivity contribution in [1.82, 2.24) is 0 Å². The molecule has 0 aliphatic rings. The van der Waals surface area contributed by atoms with E-state index in [1.54, 1.807) is 0 Å². The fraction of sp³-hybridized carbons (Fsp3) is 0.300. The van der Waals surface area contributed by atoms with E-state index >= 15 is 0 Å². The minimum Gasteiger partial charge on any atom is -0.483 e. The second-order valence-corrected chi connectivity index (χ2v) is 3.20. The van der Waals surface area contributed by atoms with Crippen LogP contribution in [0, 0.1) is 0 Å². The van der Waals surface area contributed by atoms with E-state index in [-0.39, 0.29) is 6.10 Å². The molecule has 1 aromatic carbocycles. The Kier molecular flexibility index (Phi) is 3.71. The first-order valence-corrected chi connectivity index (χ1v) is 4.66. The molecule has 0 spiro atoms. The summed E-state index contributed by atoms with van der Waals surface area (Å²) in [6.07, 6.45) is 0.641. The Hall–Kier alpha value is -1.09. The molecule has 0 saturated carbocycles. The Labute approximate surface area is 83.7 Å². The van der Waals surface area contributed by atoms with Gasteiger partial charge in [0.2, 0.25) is 0 Å². The lowest BCUT2D eigenvalue weighted by Crippen LogP contribution is -2.31. The third-order valence-corrected chi connectivity index (χ3v) is 1.97. The van der Waals surface area contributed by atoms with Crippen molar-refractivity contribution in [3.8, 4) is 5.75 Å². The van der Waals surface area contributed by atoms with Crippen molar-refractivity contribution >= 4 is 17.2 Å². The van der Waals surface area contributed by atoms with Gasteiger partial charge >= 0.3 is 0 Å². The topological polar surface area (TPSA) is 35.2 Å². The Bertz CT molecular complexity index is 274. The fourth-order valence-corrected chi connectivity index (χ4v) is 1.22. The van der Waals surface area contributed by atoms with Gasteiger partial charge in [-0.05, 0) is 18.6 Å². The van der Waals surface area contributed by atoms with Crippen molar-refractivity contribution < 1.29 is 4.74 Å². The van der Waals surface area contributed by atoms with Gasteiger partial charge in [0.15, 0.2) is 0 Å². The molecule has 1 atom stereocenters. The molecular weight excluding hydrogens is 182 g/mol. The van der Waals surface area contributed by atoms with Crippen LogP contribution in [0.2, 0.25) is 0 Å². The van der Waals surface area contributed by atoms with Crippen LogP contribution in [0.25, 0.3) is 0 Å². The maximum absolute atomic E-state index is 5.56. The van der Waals surface area contributed by atoms with Gasteiger partial charge in [0.25, 0.3) is 0 Å². The maximum Gasteiger partial charge on any atom is 0.148 e. The largest absolute Gasteiger partial charge is 0.483 e. The molecule has 2 N–H and O–H groups in total.